The van der Waals surface area contributed by atoms with E-state index in [0.717, 1.165) is 66.1 Å². The van der Waals surface area contributed by atoms with Crippen LogP contribution in [-0.2, 0) is 0 Å². The molecule has 7 heteroatoms. The maximum absolute atomic E-state index is 5.18. The van der Waals surface area contributed by atoms with Gasteiger partial charge in [-0.3, -0.25) is 0 Å². The van der Waals surface area contributed by atoms with Gasteiger partial charge in [0.25, 0.3) is 0 Å². The van der Waals surface area contributed by atoms with Crippen LogP contribution in [-0.4, -0.2) is 29.5 Å². The summed E-state index contributed by atoms with van der Waals surface area (Å²) in [6.45, 7) is 0. The SMILES string of the molecule is Brc1ccc2c3c(cccc13)-c1nc3ccccc3nc1-2.C.c1ccc(-c2c3c(c(-c4ccccc4)c4ccccc24)-c2cc4c5ccccc5[nH]c4c4cccc-3c24)cc1.c1ccc(-c2c3c(c(-c4ccccc4)c4ccccc24)-c2cc4c5ccccc5n(-c5ccc6c7c(cccc57)-c5nc7ccccc7nc5-6)c4c4cccc-3c24)cc1. The topological polar surface area (TPSA) is 72.3 Å². The second-order valence-electron chi connectivity index (χ2n) is 31.7. The standard InChI is InChI=1S/C56H31N3.C38H23N.C18H9BrN2.CH4/c1-3-15-32(16-4-1)48-35-20-7-8-21-36(35)49(33-17-5-2-6-18-33)53-43-31-42-34-19-9-12-28-46(34)59(56(42)41-25-14-23-38(51(41)43)52(48)53)47-30-29-40-50-37(47)22-13-24-39(50)54-55(40)58-45-27-11-10-26-44(45)57-54;1-3-12-23(13-4-1)33-26-17-7-8-18-27(26)34(24-14-5-2-6-15-24)37-31-22-30-25-16-9-10-21-32(25)39-38(30)29-20-11-19-28(35(29)31)36(33)37;19-13-9-8-12-16-10(13)4-3-5-11(16)17-18(12)21-15-7-2-1-6-14(15)20-17;/h1-31H;1-22,39H;1-9H;1H4. The molecule has 4 heterocycles. The van der Waals surface area contributed by atoms with E-state index in [-0.39, 0.29) is 7.43 Å². The molecule has 0 amide bonds. The van der Waals surface area contributed by atoms with E-state index in [4.69, 9.17) is 19.9 Å². The third kappa shape index (κ3) is 9.60. The molecule has 24 aromatic rings. The Morgan fingerprint density at radius 2 is 0.558 bits per heavy atom. The maximum Gasteiger partial charge on any atom is 0.0979 e. The third-order valence-electron chi connectivity index (χ3n) is 25.6. The number of nitrogens with zero attached hydrogens (tertiary/aromatic N) is 5. The number of halogens is 1. The van der Waals surface area contributed by atoms with E-state index in [1.807, 2.05) is 36.4 Å². The van der Waals surface area contributed by atoms with Gasteiger partial charge in [0.1, 0.15) is 0 Å². The highest BCUT2D eigenvalue weighted by Crippen LogP contribution is 2.62. The molecule has 0 fully saturated rings. The number of hydrogen-bond donors (Lipinski definition) is 1. The molecule has 4 aliphatic carbocycles. The van der Waals surface area contributed by atoms with E-state index in [1.165, 1.54) is 208 Å². The molecule has 28 rings (SSSR count). The predicted octanol–water partition coefficient (Wildman–Crippen LogP) is 31.3. The maximum atomic E-state index is 5.18. The van der Waals surface area contributed by atoms with Gasteiger partial charge in [-0.05, 0) is 193 Å². The van der Waals surface area contributed by atoms with Crippen LogP contribution in [0.25, 0.3) is 270 Å². The first-order chi connectivity index (χ1) is 59.0. The van der Waals surface area contributed by atoms with Crippen molar-refractivity contribution in [2.45, 2.75) is 7.43 Å². The van der Waals surface area contributed by atoms with Gasteiger partial charge >= 0.3 is 0 Å². The number of para-hydroxylation sites is 6. The molecule has 556 valence electrons. The minimum Gasteiger partial charge on any atom is -0.354 e. The summed E-state index contributed by atoms with van der Waals surface area (Å²) in [6.07, 6.45) is 0. The Morgan fingerprint density at radius 1 is 0.225 bits per heavy atom. The normalized spacial score (nSPS) is 12.1. The van der Waals surface area contributed by atoms with Crippen molar-refractivity contribution in [2.24, 2.45) is 0 Å². The van der Waals surface area contributed by atoms with E-state index in [1.54, 1.807) is 0 Å². The summed E-state index contributed by atoms with van der Waals surface area (Å²) in [4.78, 5) is 23.8. The molecular formula is C113H67BrN6. The molecule has 0 saturated carbocycles. The van der Waals surface area contributed by atoms with Crippen molar-refractivity contribution in [3.63, 3.8) is 0 Å². The fraction of sp³-hybridized carbons (Fsp3) is 0.00885. The first-order valence-electron chi connectivity index (χ1n) is 40.7. The van der Waals surface area contributed by atoms with Crippen molar-refractivity contribution in [3.05, 3.63) is 381 Å². The van der Waals surface area contributed by atoms with Crippen LogP contribution in [0.4, 0.5) is 0 Å². The second kappa shape index (κ2) is 26.1. The van der Waals surface area contributed by atoms with Crippen molar-refractivity contribution < 1.29 is 0 Å². The van der Waals surface area contributed by atoms with Crippen LogP contribution >= 0.6 is 15.9 Å². The fourth-order valence-electron chi connectivity index (χ4n) is 20.9. The molecule has 6 nitrogen and oxygen atoms in total. The quantitative estimate of drug-likeness (QED) is 0.186. The first kappa shape index (κ1) is 68.0. The molecule has 120 heavy (non-hydrogen) atoms. The summed E-state index contributed by atoms with van der Waals surface area (Å²) in [7, 11) is 0. The van der Waals surface area contributed by atoms with Gasteiger partial charge < -0.3 is 9.55 Å². The summed E-state index contributed by atoms with van der Waals surface area (Å²) in [5.41, 5.74) is 39.0. The highest BCUT2D eigenvalue weighted by atomic mass is 79.9. The summed E-state index contributed by atoms with van der Waals surface area (Å²) in [5, 5.41) is 20.2. The molecule has 0 aliphatic heterocycles. The number of H-pyrrole nitrogens is 1. The van der Waals surface area contributed by atoms with Crippen LogP contribution in [0, 0.1) is 0 Å². The number of aromatic nitrogens is 6. The molecule has 0 saturated heterocycles. The molecule has 0 atom stereocenters. The van der Waals surface area contributed by atoms with Crippen molar-refractivity contribution in [1.29, 1.82) is 0 Å². The van der Waals surface area contributed by atoms with Gasteiger partial charge in [-0.15, -0.1) is 0 Å². The monoisotopic (exact) mass is 1590 g/mol. The molecule has 20 aromatic carbocycles. The summed E-state index contributed by atoms with van der Waals surface area (Å²) >= 11 is 3.64. The highest BCUT2D eigenvalue weighted by Gasteiger charge is 2.36. The molecule has 0 radical (unpaired) electrons. The summed E-state index contributed by atoms with van der Waals surface area (Å²) in [6, 6.07) is 136. The molecule has 0 bridgehead atoms. The lowest BCUT2D eigenvalue weighted by Gasteiger charge is -2.20. The molecule has 0 spiro atoms. The van der Waals surface area contributed by atoms with Gasteiger partial charge in [-0.2, -0.15) is 0 Å². The average Bonchev–Trinajstić information content (AvgIpc) is 1.53. The fourth-order valence-corrected chi connectivity index (χ4v) is 21.3. The lowest BCUT2D eigenvalue weighted by molar-refractivity contribution is 1.20. The van der Waals surface area contributed by atoms with Crippen molar-refractivity contribution in [3.8, 4) is 140 Å². The summed E-state index contributed by atoms with van der Waals surface area (Å²) in [5.74, 6) is 0. The zero-order chi connectivity index (χ0) is 77.8. The first-order valence-corrected chi connectivity index (χ1v) is 41.5. The van der Waals surface area contributed by atoms with Gasteiger partial charge in [0.2, 0.25) is 0 Å². The van der Waals surface area contributed by atoms with Crippen LogP contribution in [0.5, 0.6) is 0 Å². The molecule has 1 N–H and O–H groups in total. The Morgan fingerprint density at radius 3 is 1.04 bits per heavy atom. The zero-order valence-electron chi connectivity index (χ0n) is 63.9. The number of hydrogen-bond acceptors (Lipinski definition) is 4. The average molecular weight is 1590 g/mol. The van der Waals surface area contributed by atoms with E-state index < -0.39 is 0 Å². The van der Waals surface area contributed by atoms with Gasteiger partial charge in [0.15, 0.2) is 0 Å². The smallest absolute Gasteiger partial charge is 0.0979 e. The van der Waals surface area contributed by atoms with Crippen LogP contribution in [0.1, 0.15) is 7.43 Å². The van der Waals surface area contributed by atoms with E-state index in [9.17, 15) is 0 Å². The summed E-state index contributed by atoms with van der Waals surface area (Å²) < 4.78 is 3.65. The molecule has 4 aliphatic rings. The minimum atomic E-state index is 0. The molecule has 4 aromatic heterocycles. The predicted molar refractivity (Wildman–Crippen MR) is 508 cm³/mol. The second-order valence-corrected chi connectivity index (χ2v) is 32.6. The van der Waals surface area contributed by atoms with Gasteiger partial charge in [0, 0.05) is 80.7 Å². The van der Waals surface area contributed by atoms with E-state index >= 15 is 0 Å². The van der Waals surface area contributed by atoms with Crippen molar-refractivity contribution in [1.82, 2.24) is 29.5 Å². The minimum absolute atomic E-state index is 0. The Kier molecular flexibility index (Phi) is 14.8. The third-order valence-corrected chi connectivity index (χ3v) is 26.3. The number of fused-ring (bicyclic) bond motifs is 24. The van der Waals surface area contributed by atoms with Gasteiger partial charge in [-0.1, -0.05) is 333 Å². The van der Waals surface area contributed by atoms with Crippen LogP contribution in [0.2, 0.25) is 0 Å². The largest absolute Gasteiger partial charge is 0.354 e. The Balaban J connectivity index is 0.000000111. The van der Waals surface area contributed by atoms with Crippen LogP contribution in [0.15, 0.2) is 381 Å². The zero-order valence-corrected chi connectivity index (χ0v) is 65.5. The van der Waals surface area contributed by atoms with E-state index in [0.29, 0.717) is 0 Å². The van der Waals surface area contributed by atoms with Gasteiger partial charge in [0.05, 0.1) is 67.1 Å². The van der Waals surface area contributed by atoms with Crippen molar-refractivity contribution >= 4 is 146 Å². The Bertz CT molecular complexity index is 8510. The highest BCUT2D eigenvalue weighted by molar-refractivity contribution is 9.10. The van der Waals surface area contributed by atoms with Crippen molar-refractivity contribution in [2.75, 3.05) is 0 Å². The lowest BCUT2D eigenvalue weighted by atomic mass is 9.82. The Hall–Kier alpha value is -15.3. The molecular weight excluding hydrogens is 1520 g/mol. The number of rotatable bonds is 5. The number of nitrogens with one attached hydrogen (secondary N) is 1. The van der Waals surface area contributed by atoms with E-state index in [2.05, 4.69) is 365 Å². The molecule has 0 unspecified atom stereocenters. The van der Waals surface area contributed by atoms with Crippen LogP contribution in [0.3, 0.4) is 0 Å². The Labute approximate surface area is 698 Å². The lowest BCUT2D eigenvalue weighted by Crippen LogP contribution is -1.97. The number of aromatic amines is 1. The van der Waals surface area contributed by atoms with Gasteiger partial charge in [-0.25, -0.2) is 19.9 Å². The van der Waals surface area contributed by atoms with Crippen LogP contribution < -0.4 is 0 Å². The number of benzene rings is 20.